The Bertz CT molecular complexity index is 407. The van der Waals surface area contributed by atoms with Gasteiger partial charge in [-0.2, -0.15) is 0 Å². The first-order valence-electron chi connectivity index (χ1n) is 5.74. The highest BCUT2D eigenvalue weighted by atomic mass is 35.5. The lowest BCUT2D eigenvalue weighted by molar-refractivity contribution is 0.246. The standard InChI is InChI=1S/C13H17NO.ClH/c1-13-5-6-14-9(8-13)7-10-11(13)3-2-4-12(10)15;/h2-4,9,14-15H,5-8H2,1H3;1H/t9-,13-;/m0./s1. The molecule has 0 saturated carbocycles. The van der Waals surface area contributed by atoms with Crippen molar-refractivity contribution in [3.63, 3.8) is 0 Å². The molecule has 2 atom stereocenters. The summed E-state index contributed by atoms with van der Waals surface area (Å²) in [4.78, 5) is 0. The van der Waals surface area contributed by atoms with E-state index in [9.17, 15) is 5.11 Å². The minimum atomic E-state index is 0. The van der Waals surface area contributed by atoms with E-state index in [0.717, 1.165) is 13.0 Å². The summed E-state index contributed by atoms with van der Waals surface area (Å²) in [5.74, 6) is 0.479. The molecule has 1 fully saturated rings. The average molecular weight is 240 g/mol. The summed E-state index contributed by atoms with van der Waals surface area (Å²) >= 11 is 0. The van der Waals surface area contributed by atoms with Gasteiger partial charge in [0.25, 0.3) is 0 Å². The van der Waals surface area contributed by atoms with Gasteiger partial charge in [0.1, 0.15) is 5.75 Å². The van der Waals surface area contributed by atoms with Gasteiger partial charge in [0, 0.05) is 6.04 Å². The third-order valence-electron chi connectivity index (χ3n) is 4.06. The molecule has 0 spiro atoms. The first kappa shape index (κ1) is 11.7. The molecule has 0 amide bonds. The van der Waals surface area contributed by atoms with Crippen molar-refractivity contribution in [1.82, 2.24) is 5.32 Å². The maximum Gasteiger partial charge on any atom is 0.119 e. The molecule has 1 saturated heterocycles. The minimum Gasteiger partial charge on any atom is -0.508 e. The largest absolute Gasteiger partial charge is 0.508 e. The van der Waals surface area contributed by atoms with Gasteiger partial charge in [-0.1, -0.05) is 19.1 Å². The minimum absolute atomic E-state index is 0. The third-order valence-corrected chi connectivity index (χ3v) is 4.06. The van der Waals surface area contributed by atoms with Crippen molar-refractivity contribution < 1.29 is 5.11 Å². The molecular formula is C13H18ClNO. The Morgan fingerprint density at radius 1 is 1.44 bits per heavy atom. The van der Waals surface area contributed by atoms with Crippen LogP contribution >= 0.6 is 12.4 Å². The fourth-order valence-corrected chi connectivity index (χ4v) is 3.26. The van der Waals surface area contributed by atoms with Gasteiger partial charge >= 0.3 is 0 Å². The van der Waals surface area contributed by atoms with Crippen LogP contribution < -0.4 is 5.32 Å². The van der Waals surface area contributed by atoms with Crippen LogP contribution in [0, 0.1) is 0 Å². The highest BCUT2D eigenvalue weighted by Crippen LogP contribution is 2.44. The van der Waals surface area contributed by atoms with E-state index in [-0.39, 0.29) is 17.8 Å². The Kier molecular flexibility index (Phi) is 2.89. The van der Waals surface area contributed by atoms with Crippen molar-refractivity contribution in [3.8, 4) is 5.75 Å². The van der Waals surface area contributed by atoms with Crippen LogP contribution in [0.2, 0.25) is 0 Å². The Balaban J connectivity index is 0.000000963. The lowest BCUT2D eigenvalue weighted by Gasteiger charge is -2.45. The number of halogens is 1. The molecule has 1 aliphatic carbocycles. The van der Waals surface area contributed by atoms with Gasteiger partial charge in [0.15, 0.2) is 0 Å². The van der Waals surface area contributed by atoms with Gasteiger partial charge in [-0.05, 0) is 48.4 Å². The topological polar surface area (TPSA) is 32.3 Å². The maximum absolute atomic E-state index is 9.90. The number of aromatic hydroxyl groups is 1. The predicted molar refractivity (Wildman–Crippen MR) is 67.4 cm³/mol. The van der Waals surface area contributed by atoms with Gasteiger partial charge < -0.3 is 10.4 Å². The predicted octanol–water partition coefficient (Wildman–Crippen LogP) is 2.38. The van der Waals surface area contributed by atoms with E-state index in [1.807, 2.05) is 12.1 Å². The molecule has 0 aromatic heterocycles. The highest BCUT2D eigenvalue weighted by Gasteiger charge is 2.39. The molecule has 1 heterocycles. The Hall–Kier alpha value is -0.730. The Labute approximate surface area is 102 Å². The van der Waals surface area contributed by atoms with Crippen molar-refractivity contribution in [1.29, 1.82) is 0 Å². The van der Waals surface area contributed by atoms with Crippen LogP contribution in [0.15, 0.2) is 18.2 Å². The van der Waals surface area contributed by atoms with Crippen molar-refractivity contribution >= 4 is 12.4 Å². The number of phenols is 1. The van der Waals surface area contributed by atoms with Crippen LogP contribution in [-0.2, 0) is 11.8 Å². The average Bonchev–Trinajstić information content (AvgIpc) is 2.20. The number of hydrogen-bond donors (Lipinski definition) is 2. The second-order valence-electron chi connectivity index (χ2n) is 5.17. The van der Waals surface area contributed by atoms with E-state index in [2.05, 4.69) is 18.3 Å². The second kappa shape index (κ2) is 3.94. The monoisotopic (exact) mass is 239 g/mol. The second-order valence-corrected chi connectivity index (χ2v) is 5.17. The summed E-state index contributed by atoms with van der Waals surface area (Å²) in [5, 5.41) is 13.4. The molecular weight excluding hydrogens is 222 g/mol. The summed E-state index contributed by atoms with van der Waals surface area (Å²) in [6.45, 7) is 3.44. The summed E-state index contributed by atoms with van der Waals surface area (Å²) < 4.78 is 0. The number of rotatable bonds is 0. The molecule has 2 bridgehead atoms. The summed E-state index contributed by atoms with van der Waals surface area (Å²) in [6.07, 6.45) is 3.38. The van der Waals surface area contributed by atoms with E-state index in [1.165, 1.54) is 24.0 Å². The third kappa shape index (κ3) is 1.61. The molecule has 3 heteroatoms. The van der Waals surface area contributed by atoms with E-state index in [1.54, 1.807) is 0 Å². The summed E-state index contributed by atoms with van der Waals surface area (Å²) in [7, 11) is 0. The molecule has 1 aromatic rings. The van der Waals surface area contributed by atoms with Crippen LogP contribution in [-0.4, -0.2) is 17.7 Å². The van der Waals surface area contributed by atoms with Crippen molar-refractivity contribution in [2.45, 2.75) is 37.6 Å². The fourth-order valence-electron chi connectivity index (χ4n) is 3.26. The molecule has 0 unspecified atom stereocenters. The number of hydrogen-bond acceptors (Lipinski definition) is 2. The molecule has 3 rings (SSSR count). The zero-order valence-corrected chi connectivity index (χ0v) is 10.3. The zero-order valence-electron chi connectivity index (χ0n) is 9.49. The first-order chi connectivity index (χ1) is 7.19. The van der Waals surface area contributed by atoms with Gasteiger partial charge in [-0.25, -0.2) is 0 Å². The number of piperidine rings is 1. The molecule has 2 N–H and O–H groups in total. The smallest absolute Gasteiger partial charge is 0.119 e. The number of fused-ring (bicyclic) bond motifs is 4. The number of phenolic OH excluding ortho intramolecular Hbond substituents is 1. The van der Waals surface area contributed by atoms with Gasteiger partial charge in [-0.15, -0.1) is 12.4 Å². The summed E-state index contributed by atoms with van der Waals surface area (Å²) in [6, 6.07) is 6.53. The Morgan fingerprint density at radius 2 is 2.25 bits per heavy atom. The molecule has 2 aliphatic rings. The van der Waals surface area contributed by atoms with Gasteiger partial charge in [-0.3, -0.25) is 0 Å². The molecule has 2 nitrogen and oxygen atoms in total. The zero-order chi connectivity index (χ0) is 10.5. The summed E-state index contributed by atoms with van der Waals surface area (Å²) in [5.41, 5.74) is 2.83. The number of nitrogens with one attached hydrogen (secondary N) is 1. The van der Waals surface area contributed by atoms with Crippen LogP contribution in [0.3, 0.4) is 0 Å². The van der Waals surface area contributed by atoms with Crippen molar-refractivity contribution in [3.05, 3.63) is 29.3 Å². The van der Waals surface area contributed by atoms with Crippen LogP contribution in [0.4, 0.5) is 0 Å². The molecule has 16 heavy (non-hydrogen) atoms. The van der Waals surface area contributed by atoms with Crippen LogP contribution in [0.25, 0.3) is 0 Å². The van der Waals surface area contributed by atoms with E-state index in [4.69, 9.17) is 0 Å². The van der Waals surface area contributed by atoms with Gasteiger partial charge in [0.05, 0.1) is 0 Å². The lowest BCUT2D eigenvalue weighted by Crippen LogP contribution is -2.49. The normalized spacial score (nSPS) is 31.4. The van der Waals surface area contributed by atoms with E-state index < -0.39 is 0 Å². The molecule has 0 radical (unpaired) electrons. The SMILES string of the molecule is C[C@@]12CCN[C@@H](Cc3c(O)cccc31)C2.Cl. The maximum atomic E-state index is 9.90. The molecule has 1 aliphatic heterocycles. The van der Waals surface area contributed by atoms with Crippen molar-refractivity contribution in [2.75, 3.05) is 6.54 Å². The number of benzene rings is 1. The van der Waals surface area contributed by atoms with E-state index in [0.29, 0.717) is 11.8 Å². The van der Waals surface area contributed by atoms with Gasteiger partial charge in [0.2, 0.25) is 0 Å². The van der Waals surface area contributed by atoms with Crippen LogP contribution in [0.5, 0.6) is 5.75 Å². The highest BCUT2D eigenvalue weighted by molar-refractivity contribution is 5.85. The quantitative estimate of drug-likeness (QED) is 0.729. The molecule has 88 valence electrons. The lowest BCUT2D eigenvalue weighted by atomic mass is 9.65. The van der Waals surface area contributed by atoms with Crippen LogP contribution in [0.1, 0.15) is 30.9 Å². The van der Waals surface area contributed by atoms with Crippen molar-refractivity contribution in [2.24, 2.45) is 0 Å². The first-order valence-corrected chi connectivity index (χ1v) is 5.74. The Morgan fingerprint density at radius 3 is 3.06 bits per heavy atom. The fraction of sp³-hybridized carbons (Fsp3) is 0.538. The molecule has 1 aromatic carbocycles. The van der Waals surface area contributed by atoms with E-state index >= 15 is 0 Å².